The molecule has 0 radical (unpaired) electrons. The lowest BCUT2D eigenvalue weighted by Gasteiger charge is -2.27. The zero-order valence-electron chi connectivity index (χ0n) is 17.5. The number of benzene rings is 2. The minimum Gasteiger partial charge on any atom is -0.497 e. The molecule has 1 heterocycles. The lowest BCUT2D eigenvalue weighted by atomic mass is 9.98. The summed E-state index contributed by atoms with van der Waals surface area (Å²) in [6.45, 7) is 9.36. The molecule has 0 N–H and O–H groups in total. The summed E-state index contributed by atoms with van der Waals surface area (Å²) in [5, 5.41) is 0. The molecule has 5 heteroatoms. The summed E-state index contributed by atoms with van der Waals surface area (Å²) in [6, 6.07) is 14.6. The number of hydrogen-bond acceptors (Lipinski definition) is 4. The second-order valence-corrected chi connectivity index (χ2v) is 7.31. The first-order chi connectivity index (χ1) is 13.3. The molecule has 0 bridgehead atoms. The molecule has 5 nitrogen and oxygen atoms in total. The SMILES string of the molecule is CC.COc1ccc2c(c1)C(Cc1ccccc1)N(C(=O)OC(C)(C)C)C2=O. The Morgan fingerprint density at radius 1 is 1.07 bits per heavy atom. The van der Waals surface area contributed by atoms with Crippen molar-refractivity contribution >= 4 is 12.0 Å². The first-order valence-corrected chi connectivity index (χ1v) is 9.58. The second-order valence-electron chi connectivity index (χ2n) is 7.31. The van der Waals surface area contributed by atoms with Crippen LogP contribution in [-0.2, 0) is 11.2 Å². The molecule has 2 aromatic carbocycles. The Morgan fingerprint density at radius 2 is 1.71 bits per heavy atom. The highest BCUT2D eigenvalue weighted by atomic mass is 16.6. The van der Waals surface area contributed by atoms with Crippen LogP contribution in [0.4, 0.5) is 4.79 Å². The van der Waals surface area contributed by atoms with E-state index in [9.17, 15) is 9.59 Å². The molecule has 0 aliphatic carbocycles. The lowest BCUT2D eigenvalue weighted by molar-refractivity contribution is 0.0190. The maximum Gasteiger partial charge on any atom is 0.417 e. The van der Waals surface area contributed by atoms with Gasteiger partial charge in [-0.2, -0.15) is 0 Å². The van der Waals surface area contributed by atoms with Crippen molar-refractivity contribution in [3.8, 4) is 5.75 Å². The molecule has 2 amide bonds. The molecule has 0 aromatic heterocycles. The second kappa shape index (κ2) is 8.91. The van der Waals surface area contributed by atoms with Gasteiger partial charge in [0.25, 0.3) is 5.91 Å². The van der Waals surface area contributed by atoms with Crippen molar-refractivity contribution in [3.05, 3.63) is 65.2 Å². The fourth-order valence-electron chi connectivity index (χ4n) is 3.11. The van der Waals surface area contributed by atoms with Gasteiger partial charge in [0.05, 0.1) is 13.2 Å². The summed E-state index contributed by atoms with van der Waals surface area (Å²) in [5.74, 6) is 0.318. The van der Waals surface area contributed by atoms with E-state index in [4.69, 9.17) is 9.47 Å². The van der Waals surface area contributed by atoms with Gasteiger partial charge in [-0.15, -0.1) is 0 Å². The zero-order valence-corrected chi connectivity index (χ0v) is 17.5. The largest absolute Gasteiger partial charge is 0.497 e. The van der Waals surface area contributed by atoms with Crippen LogP contribution in [0.2, 0.25) is 0 Å². The van der Waals surface area contributed by atoms with E-state index in [1.807, 2.05) is 50.2 Å². The van der Waals surface area contributed by atoms with E-state index >= 15 is 0 Å². The Bertz CT molecular complexity index is 824. The minimum atomic E-state index is -0.679. The Hall–Kier alpha value is -2.82. The molecular weight excluding hydrogens is 354 g/mol. The van der Waals surface area contributed by atoms with Crippen molar-refractivity contribution in [2.45, 2.75) is 52.7 Å². The maximum absolute atomic E-state index is 12.9. The molecule has 28 heavy (non-hydrogen) atoms. The quantitative estimate of drug-likeness (QED) is 0.712. The van der Waals surface area contributed by atoms with Gasteiger partial charge in [0.1, 0.15) is 11.4 Å². The molecule has 1 aliphatic rings. The van der Waals surface area contributed by atoms with Gasteiger partial charge in [-0.1, -0.05) is 44.2 Å². The van der Waals surface area contributed by atoms with Gasteiger partial charge in [0.15, 0.2) is 0 Å². The van der Waals surface area contributed by atoms with Gasteiger partial charge in [-0.05, 0) is 56.5 Å². The minimum absolute atomic E-state index is 0.335. The predicted molar refractivity (Wildman–Crippen MR) is 110 cm³/mol. The predicted octanol–water partition coefficient (Wildman–Crippen LogP) is 5.40. The van der Waals surface area contributed by atoms with E-state index < -0.39 is 17.7 Å². The number of rotatable bonds is 3. The van der Waals surface area contributed by atoms with Crippen molar-refractivity contribution in [2.75, 3.05) is 7.11 Å². The molecule has 2 aromatic rings. The fraction of sp³-hybridized carbons (Fsp3) is 0.391. The average Bonchev–Trinajstić information content (AvgIpc) is 2.94. The number of ether oxygens (including phenoxy) is 2. The lowest BCUT2D eigenvalue weighted by Crippen LogP contribution is -2.39. The summed E-state index contributed by atoms with van der Waals surface area (Å²) in [7, 11) is 1.58. The Morgan fingerprint density at radius 3 is 2.29 bits per heavy atom. The number of imide groups is 1. The van der Waals surface area contributed by atoms with Crippen molar-refractivity contribution in [2.24, 2.45) is 0 Å². The fourth-order valence-corrected chi connectivity index (χ4v) is 3.11. The standard InChI is InChI=1S/C21H23NO4.C2H6/c1-21(2,3)26-20(24)22-18(12-14-8-6-5-7-9-14)17-13-15(25-4)10-11-16(17)19(22)23;1-2/h5-11,13,18H,12H2,1-4H3;1-2H3. The Kier molecular flexibility index (Phi) is 6.84. The summed E-state index contributed by atoms with van der Waals surface area (Å²) in [4.78, 5) is 26.9. The Labute approximate surface area is 167 Å². The molecular formula is C23H29NO4. The van der Waals surface area contributed by atoms with Gasteiger partial charge in [0.2, 0.25) is 0 Å². The van der Waals surface area contributed by atoms with Crippen molar-refractivity contribution < 1.29 is 19.1 Å². The summed E-state index contributed by atoms with van der Waals surface area (Å²) < 4.78 is 10.8. The summed E-state index contributed by atoms with van der Waals surface area (Å²) in [5.41, 5.74) is 1.65. The number of fused-ring (bicyclic) bond motifs is 1. The number of carbonyl (C=O) groups excluding carboxylic acids is 2. The Balaban J connectivity index is 0.00000136. The summed E-state index contributed by atoms with van der Waals surface area (Å²) >= 11 is 0. The van der Waals surface area contributed by atoms with Crippen LogP contribution in [0, 0.1) is 0 Å². The smallest absolute Gasteiger partial charge is 0.417 e. The number of nitrogens with zero attached hydrogens (tertiary/aromatic N) is 1. The first kappa shape index (κ1) is 21.5. The van der Waals surface area contributed by atoms with E-state index in [1.165, 1.54) is 4.90 Å². The zero-order chi connectivity index (χ0) is 20.9. The average molecular weight is 383 g/mol. The number of amides is 2. The first-order valence-electron chi connectivity index (χ1n) is 9.58. The normalized spacial score (nSPS) is 15.4. The maximum atomic E-state index is 12.9. The van der Waals surface area contributed by atoms with Crippen molar-refractivity contribution in [1.82, 2.24) is 4.90 Å². The third-order valence-corrected chi connectivity index (χ3v) is 4.24. The van der Waals surface area contributed by atoms with Crippen molar-refractivity contribution in [3.63, 3.8) is 0 Å². The molecule has 0 spiro atoms. The summed E-state index contributed by atoms with van der Waals surface area (Å²) in [6.07, 6.45) is -0.106. The van der Waals surface area contributed by atoms with E-state index in [2.05, 4.69) is 0 Å². The van der Waals surface area contributed by atoms with Crippen LogP contribution in [0.1, 0.15) is 62.1 Å². The molecule has 0 saturated heterocycles. The third kappa shape index (κ3) is 4.71. The van der Waals surface area contributed by atoms with E-state index in [1.54, 1.807) is 40.0 Å². The van der Waals surface area contributed by atoms with Gasteiger partial charge in [-0.3, -0.25) is 4.79 Å². The highest BCUT2D eigenvalue weighted by Crippen LogP contribution is 2.38. The number of methoxy groups -OCH3 is 1. The highest BCUT2D eigenvalue weighted by Gasteiger charge is 2.42. The van der Waals surface area contributed by atoms with E-state index in [-0.39, 0.29) is 5.91 Å². The molecule has 150 valence electrons. The van der Waals surface area contributed by atoms with Gasteiger partial charge >= 0.3 is 6.09 Å². The van der Waals surface area contributed by atoms with Gasteiger partial charge < -0.3 is 9.47 Å². The van der Waals surface area contributed by atoms with Crippen LogP contribution in [-0.4, -0.2) is 29.6 Å². The monoisotopic (exact) mass is 383 g/mol. The van der Waals surface area contributed by atoms with Crippen LogP contribution < -0.4 is 4.74 Å². The third-order valence-electron chi connectivity index (χ3n) is 4.24. The molecule has 0 fully saturated rings. The van der Waals surface area contributed by atoms with E-state index in [0.29, 0.717) is 17.7 Å². The molecule has 1 atom stereocenters. The molecule has 0 saturated carbocycles. The van der Waals surface area contributed by atoms with Crippen molar-refractivity contribution in [1.29, 1.82) is 0 Å². The van der Waals surface area contributed by atoms with Crippen LogP contribution in [0.25, 0.3) is 0 Å². The number of carbonyl (C=O) groups is 2. The van der Waals surface area contributed by atoms with Crippen LogP contribution in [0.5, 0.6) is 5.75 Å². The molecule has 3 rings (SSSR count). The highest BCUT2D eigenvalue weighted by molar-refractivity contribution is 6.07. The van der Waals surface area contributed by atoms with Gasteiger partial charge in [0, 0.05) is 5.56 Å². The van der Waals surface area contributed by atoms with Crippen LogP contribution in [0.15, 0.2) is 48.5 Å². The van der Waals surface area contributed by atoms with Gasteiger partial charge in [-0.25, -0.2) is 9.69 Å². The topological polar surface area (TPSA) is 55.8 Å². The van der Waals surface area contributed by atoms with Crippen LogP contribution >= 0.6 is 0 Å². The molecule has 1 unspecified atom stereocenters. The molecule has 1 aliphatic heterocycles. The van der Waals surface area contributed by atoms with E-state index in [0.717, 1.165) is 11.1 Å². The van der Waals surface area contributed by atoms with Crippen LogP contribution in [0.3, 0.4) is 0 Å². The number of hydrogen-bond donors (Lipinski definition) is 0.